The largest absolute Gasteiger partial charge is 0.366 e. The molecule has 26 heavy (non-hydrogen) atoms. The van der Waals surface area contributed by atoms with Gasteiger partial charge in [-0.15, -0.1) is 11.3 Å². The predicted octanol–water partition coefficient (Wildman–Crippen LogP) is 3.82. The van der Waals surface area contributed by atoms with Gasteiger partial charge in [-0.2, -0.15) is 0 Å². The molecule has 0 spiro atoms. The summed E-state index contributed by atoms with van der Waals surface area (Å²) < 4.78 is 0. The van der Waals surface area contributed by atoms with Crippen molar-refractivity contribution in [2.24, 2.45) is 5.73 Å². The number of carbonyl (C=O) groups is 2. The second-order valence-corrected chi connectivity index (χ2v) is 6.71. The first-order valence-corrected chi connectivity index (χ1v) is 8.93. The fraction of sp³-hybridized carbons (Fsp3) is 0.0556. The van der Waals surface area contributed by atoms with E-state index < -0.39 is 5.91 Å². The molecule has 2 aromatic carbocycles. The second kappa shape index (κ2) is 7.99. The van der Waals surface area contributed by atoms with Crippen molar-refractivity contribution < 1.29 is 9.59 Å². The maximum Gasteiger partial charge on any atom is 0.250 e. The molecule has 0 unspecified atom stereocenters. The molecule has 4 N–H and O–H groups in total. The summed E-state index contributed by atoms with van der Waals surface area (Å²) in [4.78, 5) is 28.0. The van der Waals surface area contributed by atoms with Crippen LogP contribution in [0.15, 0.2) is 53.9 Å². The van der Waals surface area contributed by atoms with Crippen molar-refractivity contribution in [1.29, 1.82) is 0 Å². The molecular weight excluding hydrogens is 372 g/mol. The summed E-state index contributed by atoms with van der Waals surface area (Å²) in [5.74, 6) is -0.874. The van der Waals surface area contributed by atoms with Gasteiger partial charge in [0.15, 0.2) is 5.13 Å². The van der Waals surface area contributed by atoms with E-state index in [2.05, 4.69) is 15.6 Å². The summed E-state index contributed by atoms with van der Waals surface area (Å²) >= 11 is 7.34. The van der Waals surface area contributed by atoms with E-state index in [1.54, 1.807) is 41.8 Å². The van der Waals surface area contributed by atoms with Crippen LogP contribution in [0.2, 0.25) is 5.02 Å². The Kier molecular flexibility index (Phi) is 5.50. The number of halogens is 1. The van der Waals surface area contributed by atoms with Gasteiger partial charge in [-0.1, -0.05) is 29.8 Å². The molecular formula is C18H15ClN4O2S. The molecule has 0 saturated carbocycles. The van der Waals surface area contributed by atoms with Gasteiger partial charge in [0, 0.05) is 16.1 Å². The van der Waals surface area contributed by atoms with Gasteiger partial charge < -0.3 is 16.4 Å². The summed E-state index contributed by atoms with van der Waals surface area (Å²) in [6.45, 7) is 0. The number of anilines is 3. The summed E-state index contributed by atoms with van der Waals surface area (Å²) in [5.41, 5.74) is 7.40. The highest BCUT2D eigenvalue weighted by atomic mass is 35.5. The molecule has 0 radical (unpaired) electrons. The van der Waals surface area contributed by atoms with E-state index in [0.717, 1.165) is 5.69 Å². The maximum atomic E-state index is 12.2. The molecule has 6 nitrogen and oxygen atoms in total. The number of thiazole rings is 1. The molecule has 0 aliphatic carbocycles. The SMILES string of the molecule is NC(=O)c1ccccc1NC(=O)Cc1csc(Nc2cccc(Cl)c2)n1. The standard InChI is InChI=1S/C18H15ClN4O2S/c19-11-4-3-5-12(8-11)21-18-22-13(10-26-18)9-16(24)23-15-7-2-1-6-14(15)17(20)25/h1-8,10H,9H2,(H2,20,25)(H,21,22)(H,23,24). The normalized spacial score (nSPS) is 10.3. The number of benzene rings is 2. The van der Waals surface area contributed by atoms with Crippen molar-refractivity contribution in [2.45, 2.75) is 6.42 Å². The molecule has 1 heterocycles. The number of hydrogen-bond donors (Lipinski definition) is 3. The Bertz CT molecular complexity index is 958. The molecule has 0 saturated heterocycles. The predicted molar refractivity (Wildman–Crippen MR) is 104 cm³/mol. The Morgan fingerprint density at radius 2 is 1.96 bits per heavy atom. The Morgan fingerprint density at radius 1 is 1.15 bits per heavy atom. The minimum Gasteiger partial charge on any atom is -0.366 e. The van der Waals surface area contributed by atoms with Gasteiger partial charge >= 0.3 is 0 Å². The average Bonchev–Trinajstić information content (AvgIpc) is 3.01. The Morgan fingerprint density at radius 3 is 2.73 bits per heavy atom. The fourth-order valence-corrected chi connectivity index (χ4v) is 3.22. The van der Waals surface area contributed by atoms with Gasteiger partial charge in [0.1, 0.15) is 0 Å². The number of amides is 2. The van der Waals surface area contributed by atoms with Crippen molar-refractivity contribution >= 4 is 51.3 Å². The number of nitrogens with one attached hydrogen (secondary N) is 2. The zero-order chi connectivity index (χ0) is 18.5. The molecule has 0 bridgehead atoms. The number of primary amides is 1. The molecule has 2 amide bonds. The molecule has 3 aromatic rings. The van der Waals surface area contributed by atoms with Crippen LogP contribution in [0, 0.1) is 0 Å². The third-order valence-electron chi connectivity index (χ3n) is 3.44. The summed E-state index contributed by atoms with van der Waals surface area (Å²) in [6, 6.07) is 13.9. The minimum absolute atomic E-state index is 0.0841. The van der Waals surface area contributed by atoms with Gasteiger partial charge in [0.25, 0.3) is 5.91 Å². The van der Waals surface area contributed by atoms with Crippen molar-refractivity contribution in [2.75, 3.05) is 10.6 Å². The van der Waals surface area contributed by atoms with Crippen LogP contribution in [-0.2, 0) is 11.2 Å². The van der Waals surface area contributed by atoms with Gasteiger partial charge in [-0.05, 0) is 30.3 Å². The average molecular weight is 387 g/mol. The van der Waals surface area contributed by atoms with Crippen LogP contribution < -0.4 is 16.4 Å². The smallest absolute Gasteiger partial charge is 0.250 e. The third kappa shape index (κ3) is 4.59. The fourth-order valence-electron chi connectivity index (χ4n) is 2.30. The van der Waals surface area contributed by atoms with Crippen LogP contribution in [0.4, 0.5) is 16.5 Å². The molecule has 0 aliphatic rings. The Labute approximate surface area is 159 Å². The number of carbonyl (C=O) groups excluding carboxylic acids is 2. The topological polar surface area (TPSA) is 97.1 Å². The lowest BCUT2D eigenvalue weighted by Gasteiger charge is -2.07. The van der Waals surface area contributed by atoms with Gasteiger partial charge in [0.05, 0.1) is 23.4 Å². The van der Waals surface area contributed by atoms with Crippen LogP contribution >= 0.6 is 22.9 Å². The van der Waals surface area contributed by atoms with Crippen LogP contribution in [0.25, 0.3) is 0 Å². The Balaban J connectivity index is 1.64. The van der Waals surface area contributed by atoms with E-state index in [9.17, 15) is 9.59 Å². The van der Waals surface area contributed by atoms with E-state index in [-0.39, 0.29) is 17.9 Å². The lowest BCUT2D eigenvalue weighted by Crippen LogP contribution is -2.19. The first-order chi connectivity index (χ1) is 12.5. The maximum absolute atomic E-state index is 12.2. The van der Waals surface area contributed by atoms with E-state index in [1.165, 1.54) is 11.3 Å². The second-order valence-electron chi connectivity index (χ2n) is 5.41. The highest BCUT2D eigenvalue weighted by Crippen LogP contribution is 2.23. The highest BCUT2D eigenvalue weighted by Gasteiger charge is 2.12. The van der Waals surface area contributed by atoms with Crippen LogP contribution in [0.1, 0.15) is 16.1 Å². The molecule has 0 fully saturated rings. The number of hydrogen-bond acceptors (Lipinski definition) is 5. The summed E-state index contributed by atoms with van der Waals surface area (Å²) in [7, 11) is 0. The van der Waals surface area contributed by atoms with E-state index in [4.69, 9.17) is 17.3 Å². The van der Waals surface area contributed by atoms with Crippen LogP contribution in [0.5, 0.6) is 0 Å². The highest BCUT2D eigenvalue weighted by molar-refractivity contribution is 7.13. The number of nitrogens with zero attached hydrogens (tertiary/aromatic N) is 1. The zero-order valence-electron chi connectivity index (χ0n) is 13.5. The van der Waals surface area contributed by atoms with Gasteiger partial charge in [-0.3, -0.25) is 9.59 Å². The number of nitrogens with two attached hydrogens (primary N) is 1. The van der Waals surface area contributed by atoms with Crippen LogP contribution in [0.3, 0.4) is 0 Å². The van der Waals surface area contributed by atoms with E-state index in [0.29, 0.717) is 21.5 Å². The first-order valence-electron chi connectivity index (χ1n) is 7.67. The quantitative estimate of drug-likeness (QED) is 0.599. The van der Waals surface area contributed by atoms with Crippen molar-refractivity contribution in [3.63, 3.8) is 0 Å². The number of aromatic nitrogens is 1. The summed E-state index contributed by atoms with van der Waals surface area (Å²) in [5, 5.41) is 8.92. The van der Waals surface area contributed by atoms with E-state index in [1.807, 2.05) is 12.1 Å². The van der Waals surface area contributed by atoms with Gasteiger partial charge in [-0.25, -0.2) is 4.98 Å². The zero-order valence-corrected chi connectivity index (χ0v) is 15.1. The molecule has 0 atom stereocenters. The minimum atomic E-state index is -0.595. The van der Waals surface area contributed by atoms with Gasteiger partial charge in [0.2, 0.25) is 5.91 Å². The molecule has 0 aliphatic heterocycles. The van der Waals surface area contributed by atoms with Crippen molar-refractivity contribution in [1.82, 2.24) is 4.98 Å². The van der Waals surface area contributed by atoms with Crippen molar-refractivity contribution in [3.05, 3.63) is 70.2 Å². The first kappa shape index (κ1) is 17.9. The van der Waals surface area contributed by atoms with Crippen LogP contribution in [-0.4, -0.2) is 16.8 Å². The summed E-state index contributed by atoms with van der Waals surface area (Å²) in [6.07, 6.45) is 0.0841. The molecule has 1 aromatic heterocycles. The van der Waals surface area contributed by atoms with Crippen molar-refractivity contribution in [3.8, 4) is 0 Å². The number of rotatable bonds is 6. The lowest BCUT2D eigenvalue weighted by atomic mass is 10.1. The Hall–Kier alpha value is -2.90. The molecule has 132 valence electrons. The third-order valence-corrected chi connectivity index (χ3v) is 4.48. The van der Waals surface area contributed by atoms with E-state index >= 15 is 0 Å². The molecule has 3 rings (SSSR count). The number of para-hydroxylation sites is 1. The monoisotopic (exact) mass is 386 g/mol. The lowest BCUT2D eigenvalue weighted by molar-refractivity contribution is -0.115. The molecule has 8 heteroatoms.